The van der Waals surface area contributed by atoms with Crippen molar-refractivity contribution in [2.75, 3.05) is 6.61 Å². The molecule has 0 aromatic heterocycles. The number of benzene rings is 1. The maximum atomic E-state index is 11.2. The molecule has 0 fully saturated rings. The van der Waals surface area contributed by atoms with Crippen LogP contribution in [0, 0.1) is 5.92 Å². The van der Waals surface area contributed by atoms with Gasteiger partial charge in [-0.25, -0.2) is 4.79 Å². The van der Waals surface area contributed by atoms with Crippen LogP contribution in [0.5, 0.6) is 0 Å². The normalized spacial score (nSPS) is 16.5. The van der Waals surface area contributed by atoms with E-state index in [-0.39, 0.29) is 18.6 Å². The van der Waals surface area contributed by atoms with Crippen LogP contribution in [0.4, 0.5) is 0 Å². The summed E-state index contributed by atoms with van der Waals surface area (Å²) in [6, 6.07) is 9.00. The van der Waals surface area contributed by atoms with E-state index in [9.17, 15) is 15.0 Å². The number of aliphatic carboxylic acids is 1. The molecule has 110 valence electrons. The van der Waals surface area contributed by atoms with Crippen LogP contribution in [0.25, 0.3) is 0 Å². The first-order chi connectivity index (χ1) is 9.45. The topological polar surface area (TPSA) is 98.0 Å². The molecule has 0 bridgehead atoms. The van der Waals surface area contributed by atoms with Crippen molar-refractivity contribution >= 4 is 5.97 Å². The molecule has 20 heavy (non-hydrogen) atoms. The molecule has 0 amide bonds. The van der Waals surface area contributed by atoms with Crippen LogP contribution in [-0.4, -0.2) is 45.2 Å². The first-order valence-corrected chi connectivity index (χ1v) is 6.40. The molecule has 1 aromatic carbocycles. The molecule has 0 saturated heterocycles. The van der Waals surface area contributed by atoms with Crippen LogP contribution in [0.15, 0.2) is 42.0 Å². The van der Waals surface area contributed by atoms with Gasteiger partial charge in [0.05, 0.1) is 12.2 Å². The molecule has 0 saturated carbocycles. The van der Waals surface area contributed by atoms with Crippen LogP contribution in [0.3, 0.4) is 0 Å². The van der Waals surface area contributed by atoms with Gasteiger partial charge in [0.2, 0.25) is 0 Å². The first kappa shape index (κ1) is 16.4. The first-order valence-electron chi connectivity index (χ1n) is 6.40. The Kier molecular flexibility index (Phi) is 6.38. The predicted molar refractivity (Wildman–Crippen MR) is 74.1 cm³/mol. The van der Waals surface area contributed by atoms with Gasteiger partial charge in [-0.15, -0.1) is 0 Å². The third-order valence-electron chi connectivity index (χ3n) is 3.10. The van der Waals surface area contributed by atoms with E-state index in [2.05, 4.69) is 0 Å². The summed E-state index contributed by atoms with van der Waals surface area (Å²) in [5, 5.41) is 37.6. The zero-order chi connectivity index (χ0) is 15.1. The highest BCUT2D eigenvalue weighted by atomic mass is 16.4. The summed E-state index contributed by atoms with van der Waals surface area (Å²) in [6.07, 6.45) is -1.24. The second kappa shape index (κ2) is 7.79. The van der Waals surface area contributed by atoms with Crippen molar-refractivity contribution in [3.8, 4) is 0 Å². The summed E-state index contributed by atoms with van der Waals surface area (Å²) in [6.45, 7) is 1.28. The smallest absolute Gasteiger partial charge is 0.331 e. The number of carbonyl (C=O) groups is 1. The van der Waals surface area contributed by atoms with Crippen molar-refractivity contribution in [1.29, 1.82) is 0 Å². The summed E-state index contributed by atoms with van der Waals surface area (Å²) in [7, 11) is 0. The molecule has 0 spiro atoms. The minimum atomic E-state index is -1.33. The van der Waals surface area contributed by atoms with Crippen molar-refractivity contribution in [1.82, 2.24) is 0 Å². The Labute approximate surface area is 117 Å². The number of aliphatic hydroxyl groups excluding tert-OH is 3. The Balaban J connectivity index is 2.85. The fourth-order valence-corrected chi connectivity index (χ4v) is 1.77. The van der Waals surface area contributed by atoms with Gasteiger partial charge in [0.15, 0.2) is 0 Å². The molecule has 0 aliphatic heterocycles. The maximum Gasteiger partial charge on any atom is 0.331 e. The van der Waals surface area contributed by atoms with E-state index in [0.29, 0.717) is 0 Å². The van der Waals surface area contributed by atoms with Gasteiger partial charge in [0, 0.05) is 24.5 Å². The summed E-state index contributed by atoms with van der Waals surface area (Å²) in [4.78, 5) is 11.2. The van der Waals surface area contributed by atoms with Crippen LogP contribution >= 0.6 is 0 Å². The number of carboxylic acid groups (broad SMARTS) is 1. The molecule has 1 rings (SSSR count). The molecule has 0 aliphatic rings. The molecule has 3 atom stereocenters. The Morgan fingerprint density at radius 2 is 1.85 bits per heavy atom. The second-order valence-corrected chi connectivity index (χ2v) is 4.80. The van der Waals surface area contributed by atoms with Gasteiger partial charge in [0.25, 0.3) is 0 Å². The predicted octanol–water partition coefficient (Wildman–Crippen LogP) is 0.590. The highest BCUT2D eigenvalue weighted by Gasteiger charge is 2.22. The molecule has 0 heterocycles. The Bertz CT molecular complexity index is 455. The van der Waals surface area contributed by atoms with E-state index < -0.39 is 24.1 Å². The zero-order valence-electron chi connectivity index (χ0n) is 11.3. The number of hydrogen-bond acceptors (Lipinski definition) is 4. The standard InChI is InChI=1S/C15H20O5/c1-10(9-16)14(18)13(17)8-12(15(19)20)7-11-5-3-2-4-6-11/h2-6,8,10,13-14,16-18H,7,9H2,1H3,(H,19,20)/t10-,13+,14+/m1/s1. The molecular formula is C15H20O5. The van der Waals surface area contributed by atoms with Crippen LogP contribution in [0.2, 0.25) is 0 Å². The molecule has 4 N–H and O–H groups in total. The van der Waals surface area contributed by atoms with Gasteiger partial charge in [0.1, 0.15) is 0 Å². The largest absolute Gasteiger partial charge is 0.478 e. The molecule has 5 heteroatoms. The Morgan fingerprint density at radius 1 is 1.25 bits per heavy atom. The summed E-state index contributed by atoms with van der Waals surface area (Å²) in [5.74, 6) is -1.68. The number of carboxylic acids is 1. The fourth-order valence-electron chi connectivity index (χ4n) is 1.77. The monoisotopic (exact) mass is 280 g/mol. The van der Waals surface area contributed by atoms with Crippen molar-refractivity contribution in [3.63, 3.8) is 0 Å². The van der Waals surface area contributed by atoms with Crippen LogP contribution in [-0.2, 0) is 11.2 Å². The molecule has 1 aromatic rings. The van der Waals surface area contributed by atoms with Gasteiger partial charge >= 0.3 is 5.97 Å². The minimum absolute atomic E-state index is 0.00731. The lowest BCUT2D eigenvalue weighted by molar-refractivity contribution is -0.132. The van der Waals surface area contributed by atoms with Crippen molar-refractivity contribution in [3.05, 3.63) is 47.5 Å². The molecule has 0 aliphatic carbocycles. The highest BCUT2D eigenvalue weighted by Crippen LogP contribution is 2.13. The van der Waals surface area contributed by atoms with E-state index >= 15 is 0 Å². The quantitative estimate of drug-likeness (QED) is 0.548. The Morgan fingerprint density at radius 3 is 2.35 bits per heavy atom. The SMILES string of the molecule is C[C@H](CO)[C@H](O)[C@@H](O)C=C(Cc1ccccc1)C(=O)O. The lowest BCUT2D eigenvalue weighted by Crippen LogP contribution is -2.33. The average Bonchev–Trinajstić information content (AvgIpc) is 2.45. The van der Waals surface area contributed by atoms with E-state index in [1.54, 1.807) is 31.2 Å². The van der Waals surface area contributed by atoms with Crippen molar-refractivity contribution < 1.29 is 25.2 Å². The lowest BCUT2D eigenvalue weighted by atomic mass is 9.97. The van der Waals surface area contributed by atoms with Gasteiger partial charge in [-0.05, 0) is 11.6 Å². The third kappa shape index (κ3) is 4.77. The molecule has 0 radical (unpaired) electrons. The van der Waals surface area contributed by atoms with Gasteiger partial charge in [-0.2, -0.15) is 0 Å². The molecule has 0 unspecified atom stereocenters. The Hall–Kier alpha value is -1.69. The van der Waals surface area contributed by atoms with Gasteiger partial charge < -0.3 is 20.4 Å². The number of aliphatic hydroxyl groups is 3. The highest BCUT2D eigenvalue weighted by molar-refractivity contribution is 5.87. The van der Waals surface area contributed by atoms with E-state index in [1.807, 2.05) is 6.07 Å². The van der Waals surface area contributed by atoms with E-state index in [4.69, 9.17) is 10.2 Å². The lowest BCUT2D eigenvalue weighted by Gasteiger charge is -2.20. The molecule has 5 nitrogen and oxygen atoms in total. The van der Waals surface area contributed by atoms with Crippen LogP contribution in [0.1, 0.15) is 12.5 Å². The summed E-state index contributed by atoms with van der Waals surface area (Å²) < 4.78 is 0. The van der Waals surface area contributed by atoms with E-state index in [1.165, 1.54) is 0 Å². The minimum Gasteiger partial charge on any atom is -0.478 e. The van der Waals surface area contributed by atoms with Crippen molar-refractivity contribution in [2.24, 2.45) is 5.92 Å². The molecular weight excluding hydrogens is 260 g/mol. The zero-order valence-corrected chi connectivity index (χ0v) is 11.3. The van der Waals surface area contributed by atoms with Gasteiger partial charge in [-0.1, -0.05) is 37.3 Å². The number of rotatable bonds is 7. The number of hydrogen-bond donors (Lipinski definition) is 4. The third-order valence-corrected chi connectivity index (χ3v) is 3.10. The second-order valence-electron chi connectivity index (χ2n) is 4.80. The van der Waals surface area contributed by atoms with E-state index in [0.717, 1.165) is 11.6 Å². The maximum absolute atomic E-state index is 11.2. The average molecular weight is 280 g/mol. The summed E-state index contributed by atoms with van der Waals surface area (Å²) >= 11 is 0. The van der Waals surface area contributed by atoms with Crippen molar-refractivity contribution in [2.45, 2.75) is 25.6 Å². The van der Waals surface area contributed by atoms with Crippen LogP contribution < -0.4 is 0 Å². The fraction of sp³-hybridized carbons (Fsp3) is 0.400. The van der Waals surface area contributed by atoms with Gasteiger partial charge in [-0.3, -0.25) is 0 Å². The summed E-state index contributed by atoms with van der Waals surface area (Å²) in [5.41, 5.74) is 0.811.